The van der Waals surface area contributed by atoms with Crippen LogP contribution >= 0.6 is 0 Å². The number of ether oxygens (including phenoxy) is 1. The number of benzene rings is 1. The Labute approximate surface area is 152 Å². The third-order valence-electron chi connectivity index (χ3n) is 4.14. The summed E-state index contributed by atoms with van der Waals surface area (Å²) in [6, 6.07) is 0.380. The van der Waals surface area contributed by atoms with E-state index >= 15 is 0 Å². The molecule has 1 saturated heterocycles. The molecule has 0 amide bonds. The van der Waals surface area contributed by atoms with Gasteiger partial charge in [-0.1, -0.05) is 0 Å². The summed E-state index contributed by atoms with van der Waals surface area (Å²) in [5.74, 6) is 0. The predicted molar refractivity (Wildman–Crippen MR) is 83.5 cm³/mol. The number of piperazine rings is 1. The van der Waals surface area contributed by atoms with Crippen molar-refractivity contribution >= 4 is 10.0 Å². The second-order valence-corrected chi connectivity index (χ2v) is 7.92. The first-order chi connectivity index (χ1) is 12.4. The lowest BCUT2D eigenvalue weighted by molar-refractivity contribution is -0.143. The molecule has 12 heteroatoms. The second-order valence-electron chi connectivity index (χ2n) is 5.98. The molecule has 2 rings (SSSR count). The molecule has 0 aromatic heterocycles. The van der Waals surface area contributed by atoms with Crippen molar-refractivity contribution in [3.8, 4) is 0 Å². The van der Waals surface area contributed by atoms with Gasteiger partial charge in [0.2, 0.25) is 10.0 Å². The normalized spacial score (nSPS) is 18.0. The lowest BCUT2D eigenvalue weighted by atomic mass is 10.1. The van der Waals surface area contributed by atoms with Gasteiger partial charge in [-0.3, -0.25) is 4.90 Å². The largest absolute Gasteiger partial charge is 0.416 e. The number of alkyl halides is 6. The van der Waals surface area contributed by atoms with Crippen molar-refractivity contribution in [3.63, 3.8) is 0 Å². The van der Waals surface area contributed by atoms with Gasteiger partial charge in [0.25, 0.3) is 0 Å². The number of sulfonamides is 1. The number of methoxy groups -OCH3 is 1. The van der Waals surface area contributed by atoms with Crippen LogP contribution in [0.1, 0.15) is 11.1 Å². The Morgan fingerprint density at radius 3 is 1.81 bits per heavy atom. The van der Waals surface area contributed by atoms with Gasteiger partial charge in [0.1, 0.15) is 0 Å². The Morgan fingerprint density at radius 2 is 1.41 bits per heavy atom. The van der Waals surface area contributed by atoms with Crippen LogP contribution in [0, 0.1) is 0 Å². The summed E-state index contributed by atoms with van der Waals surface area (Å²) in [6.07, 6.45) is -10.2. The molecule has 0 bridgehead atoms. The van der Waals surface area contributed by atoms with E-state index in [9.17, 15) is 34.8 Å². The highest BCUT2D eigenvalue weighted by atomic mass is 32.2. The molecular weight excluding hydrogens is 402 g/mol. The van der Waals surface area contributed by atoms with Gasteiger partial charge in [-0.2, -0.15) is 30.6 Å². The minimum absolute atomic E-state index is 0.0381. The quantitative estimate of drug-likeness (QED) is 0.688. The van der Waals surface area contributed by atoms with Crippen molar-refractivity contribution in [2.24, 2.45) is 0 Å². The maximum atomic E-state index is 12.9. The minimum Gasteiger partial charge on any atom is -0.383 e. The first kappa shape index (κ1) is 21.9. The summed E-state index contributed by atoms with van der Waals surface area (Å²) in [4.78, 5) is 0.873. The van der Waals surface area contributed by atoms with Gasteiger partial charge in [-0.25, -0.2) is 8.42 Å². The van der Waals surface area contributed by atoms with Crippen molar-refractivity contribution in [3.05, 3.63) is 29.3 Å². The van der Waals surface area contributed by atoms with Gasteiger partial charge < -0.3 is 4.74 Å². The molecule has 1 heterocycles. The third-order valence-corrected chi connectivity index (χ3v) is 6.02. The van der Waals surface area contributed by atoms with Crippen LogP contribution in [0.2, 0.25) is 0 Å². The summed E-state index contributed by atoms with van der Waals surface area (Å²) in [5, 5.41) is 0. The molecular formula is C15H18F6N2O3S. The van der Waals surface area contributed by atoms with Gasteiger partial charge in [-0.05, 0) is 18.2 Å². The minimum atomic E-state index is -5.11. The Kier molecular flexibility index (Phi) is 6.44. The average molecular weight is 420 g/mol. The predicted octanol–water partition coefficient (Wildman–Crippen LogP) is 2.68. The Hall–Kier alpha value is -1.37. The molecule has 5 nitrogen and oxygen atoms in total. The highest BCUT2D eigenvalue weighted by Crippen LogP contribution is 2.37. The summed E-state index contributed by atoms with van der Waals surface area (Å²) in [5.41, 5.74) is -3.32. The average Bonchev–Trinajstić information content (AvgIpc) is 2.58. The molecule has 0 saturated carbocycles. The number of hydrogen-bond acceptors (Lipinski definition) is 4. The van der Waals surface area contributed by atoms with Crippen molar-refractivity contribution < 1.29 is 39.5 Å². The van der Waals surface area contributed by atoms with Crippen molar-refractivity contribution in [1.82, 2.24) is 9.21 Å². The zero-order chi connectivity index (χ0) is 20.5. The lowest BCUT2D eigenvalue weighted by Crippen LogP contribution is -2.49. The van der Waals surface area contributed by atoms with Crippen molar-refractivity contribution in [2.75, 3.05) is 46.4 Å². The molecule has 1 aromatic carbocycles. The number of rotatable bonds is 5. The molecule has 0 N–H and O–H groups in total. The van der Waals surface area contributed by atoms with Gasteiger partial charge in [0.05, 0.1) is 22.6 Å². The van der Waals surface area contributed by atoms with Crippen LogP contribution in [0.3, 0.4) is 0 Å². The maximum Gasteiger partial charge on any atom is 0.416 e. The Bertz CT molecular complexity index is 724. The van der Waals surface area contributed by atoms with E-state index in [1.165, 1.54) is 7.11 Å². The summed E-state index contributed by atoms with van der Waals surface area (Å²) in [6.45, 7) is 1.50. The van der Waals surface area contributed by atoms with Crippen molar-refractivity contribution in [2.45, 2.75) is 17.2 Å². The molecule has 1 aromatic rings. The number of hydrogen-bond donors (Lipinski definition) is 0. The molecule has 0 radical (unpaired) electrons. The zero-order valence-electron chi connectivity index (χ0n) is 14.3. The van der Waals surface area contributed by atoms with E-state index in [2.05, 4.69) is 0 Å². The highest BCUT2D eigenvalue weighted by Gasteiger charge is 2.39. The van der Waals surface area contributed by atoms with E-state index in [0.29, 0.717) is 26.2 Å². The van der Waals surface area contributed by atoms with E-state index < -0.39 is 38.4 Å². The van der Waals surface area contributed by atoms with Crippen LogP contribution in [0.15, 0.2) is 23.1 Å². The van der Waals surface area contributed by atoms with Crippen LogP contribution in [0.25, 0.3) is 0 Å². The Morgan fingerprint density at radius 1 is 0.926 bits per heavy atom. The zero-order valence-corrected chi connectivity index (χ0v) is 15.1. The van der Waals surface area contributed by atoms with E-state index in [4.69, 9.17) is 4.74 Å². The molecule has 154 valence electrons. The fourth-order valence-electron chi connectivity index (χ4n) is 2.64. The van der Waals surface area contributed by atoms with Gasteiger partial charge >= 0.3 is 12.4 Å². The summed E-state index contributed by atoms with van der Waals surface area (Å²) < 4.78 is 109. The van der Waals surface area contributed by atoms with Gasteiger partial charge in [-0.15, -0.1) is 0 Å². The molecule has 0 unspecified atom stereocenters. The van der Waals surface area contributed by atoms with Gasteiger partial charge in [0.15, 0.2) is 0 Å². The standard InChI is InChI=1S/C15H18F6N2O3S/c1-26-7-6-22-2-4-23(5-3-22)27(24,25)13-9-11(14(16,17)18)8-12(10-13)15(19,20)21/h8-10H,2-7H2,1H3. The molecule has 1 fully saturated rings. The molecule has 0 spiro atoms. The maximum absolute atomic E-state index is 12.9. The summed E-state index contributed by atoms with van der Waals surface area (Å²) in [7, 11) is -2.99. The third kappa shape index (κ3) is 5.33. The molecule has 0 atom stereocenters. The molecule has 0 aliphatic carbocycles. The monoisotopic (exact) mass is 420 g/mol. The Balaban J connectivity index is 2.33. The van der Waals surface area contributed by atoms with Crippen LogP contribution < -0.4 is 0 Å². The lowest BCUT2D eigenvalue weighted by Gasteiger charge is -2.34. The molecule has 1 aliphatic rings. The SMILES string of the molecule is COCCN1CCN(S(=O)(=O)c2cc(C(F)(F)F)cc(C(F)(F)F)c2)CC1. The van der Waals surface area contributed by atoms with E-state index in [1.54, 1.807) is 0 Å². The fraction of sp³-hybridized carbons (Fsp3) is 0.600. The molecule has 1 aliphatic heterocycles. The second kappa shape index (κ2) is 7.94. The topological polar surface area (TPSA) is 49.9 Å². The smallest absolute Gasteiger partial charge is 0.383 e. The van der Waals surface area contributed by atoms with Crippen molar-refractivity contribution in [1.29, 1.82) is 0 Å². The fourth-order valence-corrected chi connectivity index (χ4v) is 4.13. The summed E-state index contributed by atoms with van der Waals surface area (Å²) >= 11 is 0. The van der Waals surface area contributed by atoms with E-state index in [-0.39, 0.29) is 31.3 Å². The van der Waals surface area contributed by atoms with Crippen LogP contribution in [0.4, 0.5) is 26.3 Å². The number of halogens is 6. The van der Waals surface area contributed by atoms with Crippen LogP contribution in [-0.4, -0.2) is 64.1 Å². The first-order valence-corrected chi connectivity index (χ1v) is 9.30. The molecule has 27 heavy (non-hydrogen) atoms. The van der Waals surface area contributed by atoms with Gasteiger partial charge in [0, 0.05) is 39.8 Å². The number of nitrogens with zero attached hydrogens (tertiary/aromatic N) is 2. The highest BCUT2D eigenvalue weighted by molar-refractivity contribution is 7.89. The first-order valence-electron chi connectivity index (χ1n) is 7.86. The van der Waals surface area contributed by atoms with Crippen LogP contribution in [-0.2, 0) is 27.1 Å². The van der Waals surface area contributed by atoms with E-state index in [1.807, 2.05) is 4.90 Å². The van der Waals surface area contributed by atoms with Crippen LogP contribution in [0.5, 0.6) is 0 Å². The van der Waals surface area contributed by atoms with E-state index in [0.717, 1.165) is 4.31 Å².